The first kappa shape index (κ1) is 58.1. The van der Waals surface area contributed by atoms with Gasteiger partial charge in [-0.15, -0.1) is 0 Å². The summed E-state index contributed by atoms with van der Waals surface area (Å²) in [5, 5.41) is 6.46. The number of hydrogen-bond donors (Lipinski definition) is 1. The van der Waals surface area contributed by atoms with Gasteiger partial charge in [0.2, 0.25) is 0 Å². The molecule has 11 nitrogen and oxygen atoms in total. The third-order valence-electron chi connectivity index (χ3n) is 12.2. The van der Waals surface area contributed by atoms with Gasteiger partial charge in [-0.1, -0.05) is 130 Å². The van der Waals surface area contributed by atoms with Crippen molar-refractivity contribution in [1.29, 1.82) is 0 Å². The Bertz CT molecular complexity index is 3270. The molecule has 9 aromatic rings. The van der Waals surface area contributed by atoms with Crippen LogP contribution in [0.5, 0.6) is 0 Å². The molecule has 0 unspecified atom stereocenters. The summed E-state index contributed by atoms with van der Waals surface area (Å²) in [6, 6.07) is 35.8. The van der Waals surface area contributed by atoms with E-state index in [1.54, 1.807) is 12.1 Å². The minimum Gasteiger partial charge on any atom is -0.361 e. The summed E-state index contributed by atoms with van der Waals surface area (Å²) in [6.45, 7) is 25.2. The van der Waals surface area contributed by atoms with E-state index < -0.39 is 24.2 Å². The molecular weight excluding hydrogens is 1170 g/mol. The summed E-state index contributed by atoms with van der Waals surface area (Å²) in [6.07, 6.45) is 6.40. The zero-order valence-electron chi connectivity index (χ0n) is 44.0. The minimum absolute atomic E-state index is 0.510. The number of pyridine rings is 4. The second-order valence-corrected chi connectivity index (χ2v) is 41.8. The van der Waals surface area contributed by atoms with E-state index >= 15 is 0 Å². The van der Waals surface area contributed by atoms with Crippen LogP contribution in [0.2, 0.25) is 97.7 Å². The fourth-order valence-electron chi connectivity index (χ4n) is 7.79. The van der Waals surface area contributed by atoms with Gasteiger partial charge in [0.05, 0.1) is 9.39 Å². The molecular formula is C55H69Cl4IN8O3Si3. The highest BCUT2D eigenvalue weighted by Gasteiger charge is 2.27. The van der Waals surface area contributed by atoms with E-state index in [1.807, 2.05) is 65.5 Å². The normalized spacial score (nSPS) is 12.9. The molecule has 8 heterocycles. The van der Waals surface area contributed by atoms with Gasteiger partial charge in [0, 0.05) is 83.5 Å². The second kappa shape index (κ2) is 26.2. The van der Waals surface area contributed by atoms with Crippen molar-refractivity contribution in [2.75, 3.05) is 19.8 Å². The van der Waals surface area contributed by atoms with Crippen LogP contribution >= 0.6 is 69.0 Å². The number of rotatable bonds is 17. The summed E-state index contributed by atoms with van der Waals surface area (Å²) in [7, 11) is -3.15. The first-order chi connectivity index (χ1) is 35.1. The van der Waals surface area contributed by atoms with E-state index in [4.69, 9.17) is 60.6 Å². The molecule has 1 N–H and O–H groups in total. The molecule has 74 heavy (non-hydrogen) atoms. The van der Waals surface area contributed by atoms with Crippen LogP contribution in [-0.4, -0.2) is 82.7 Å². The Kier molecular flexibility index (Phi) is 20.5. The zero-order chi connectivity index (χ0) is 53.2. The summed E-state index contributed by atoms with van der Waals surface area (Å²) in [5.41, 5.74) is 7.43. The molecule has 8 aromatic heterocycles. The number of aromatic nitrogens is 8. The molecule has 19 heteroatoms. The van der Waals surface area contributed by atoms with E-state index in [9.17, 15) is 0 Å². The molecule has 0 amide bonds. The fourth-order valence-corrected chi connectivity index (χ4v) is 11.3. The van der Waals surface area contributed by atoms with Gasteiger partial charge in [-0.3, -0.25) is 4.57 Å². The lowest BCUT2D eigenvalue weighted by Crippen LogP contribution is -2.22. The predicted molar refractivity (Wildman–Crippen MR) is 328 cm³/mol. The Labute approximate surface area is 472 Å². The quantitative estimate of drug-likeness (QED) is 0.0418. The standard InChI is InChI=1S/C22H27ClN2OSi.C13H18ClIN2OSi.C13H19ClN2OSi.C7H5ClN2/c1-27(2,3)13-12-26-15-25-20(14-17-10-11-21(23)24-22(17)25)19-7-5-4-6-18(19)16-8-9-16;1-19(2,3)7-6-18-9-17-12(15)8-10-4-5-11(14)16-13(10)17;1-18(2,3)9-8-17-10-16-7-6-11-4-5-12(14)15-13(11)16;8-6-2-1-5-3-4-9-7(5)10-6/h4-7,10-11,14,16H,8-9,12-13,15H2,1-3H3;4-5,8H,6-7,9H2,1-3H3;4-7H,8-10H2,1-3H3;1-4H,(H,9,10). The van der Waals surface area contributed by atoms with Gasteiger partial charge in [0.25, 0.3) is 0 Å². The molecule has 0 atom stereocenters. The first-order valence-corrected chi connectivity index (χ1v) is 38.8. The number of nitrogens with one attached hydrogen (secondary N) is 1. The minimum atomic E-state index is -1.11. The van der Waals surface area contributed by atoms with Crippen molar-refractivity contribution in [2.45, 2.75) is 116 Å². The molecule has 10 rings (SSSR count). The lowest BCUT2D eigenvalue weighted by atomic mass is 10.0. The van der Waals surface area contributed by atoms with E-state index in [0.717, 1.165) is 73.7 Å². The lowest BCUT2D eigenvalue weighted by molar-refractivity contribution is 0.0883. The van der Waals surface area contributed by atoms with E-state index in [0.29, 0.717) is 46.7 Å². The summed E-state index contributed by atoms with van der Waals surface area (Å²) in [4.78, 5) is 20.3. The number of ether oxygens (including phenoxy) is 3. The van der Waals surface area contributed by atoms with Crippen LogP contribution < -0.4 is 0 Å². The Balaban J connectivity index is 0.000000151. The molecule has 1 aliphatic carbocycles. The van der Waals surface area contributed by atoms with E-state index in [1.165, 1.54) is 41.8 Å². The van der Waals surface area contributed by atoms with Crippen LogP contribution in [0.25, 0.3) is 55.4 Å². The third-order valence-corrected chi connectivity index (χ3v) is 19.1. The summed E-state index contributed by atoms with van der Waals surface area (Å²) >= 11 is 26.0. The van der Waals surface area contributed by atoms with Crippen molar-refractivity contribution in [2.24, 2.45) is 0 Å². The SMILES string of the molecule is C[Si](C)(C)CCOCn1c(-c2ccccc2C2CC2)cc2ccc(Cl)nc21.C[Si](C)(C)CCOCn1c(I)cc2ccc(Cl)nc21.C[Si](C)(C)CCOCn1ccc2ccc(Cl)nc21.Clc1ccc2cc[nH]c2n1. The Morgan fingerprint density at radius 1 is 0.541 bits per heavy atom. The Hall–Kier alpha value is -3.60. The monoisotopic (exact) mass is 1240 g/mol. The molecule has 1 fully saturated rings. The number of nitrogens with zero attached hydrogens (tertiary/aromatic N) is 7. The number of benzene rings is 1. The number of fused-ring (bicyclic) bond motifs is 4. The number of H-pyrrole nitrogens is 1. The lowest BCUT2D eigenvalue weighted by Gasteiger charge is -2.17. The molecule has 1 aliphatic rings. The van der Waals surface area contributed by atoms with Crippen molar-refractivity contribution in [3.63, 3.8) is 0 Å². The smallest absolute Gasteiger partial charge is 0.144 e. The molecule has 1 aromatic carbocycles. The van der Waals surface area contributed by atoms with Gasteiger partial charge >= 0.3 is 0 Å². The Morgan fingerprint density at radius 2 is 1.03 bits per heavy atom. The highest BCUT2D eigenvalue weighted by atomic mass is 127. The van der Waals surface area contributed by atoms with Gasteiger partial charge in [-0.2, -0.15) is 0 Å². The topological polar surface area (TPSA) is 110 Å². The van der Waals surface area contributed by atoms with E-state index in [2.05, 4.69) is 152 Å². The Morgan fingerprint density at radius 3 is 1.61 bits per heavy atom. The zero-order valence-corrected chi connectivity index (χ0v) is 52.2. The molecule has 0 saturated heterocycles. The predicted octanol–water partition coefficient (Wildman–Crippen LogP) is 17.4. The average molecular weight is 1240 g/mol. The molecule has 0 bridgehead atoms. The molecule has 1 saturated carbocycles. The summed E-state index contributed by atoms with van der Waals surface area (Å²) < 4.78 is 25.0. The molecule has 394 valence electrons. The van der Waals surface area contributed by atoms with Gasteiger partial charge in [0.15, 0.2) is 0 Å². The maximum atomic E-state index is 6.20. The summed E-state index contributed by atoms with van der Waals surface area (Å²) in [5.74, 6) is 0.692. The van der Waals surface area contributed by atoms with Crippen LogP contribution in [0.1, 0.15) is 24.3 Å². The van der Waals surface area contributed by atoms with Gasteiger partial charge in [-0.25, -0.2) is 19.9 Å². The van der Waals surface area contributed by atoms with Crippen molar-refractivity contribution in [3.05, 3.63) is 139 Å². The largest absolute Gasteiger partial charge is 0.361 e. The second-order valence-electron chi connectivity index (χ2n) is 22.2. The number of hydrogen-bond acceptors (Lipinski definition) is 7. The van der Waals surface area contributed by atoms with Gasteiger partial charge in [0.1, 0.15) is 63.4 Å². The van der Waals surface area contributed by atoms with Crippen LogP contribution in [0, 0.1) is 3.70 Å². The molecule has 0 radical (unpaired) electrons. The maximum Gasteiger partial charge on any atom is 0.144 e. The van der Waals surface area contributed by atoms with Crippen LogP contribution in [0.3, 0.4) is 0 Å². The van der Waals surface area contributed by atoms with Crippen molar-refractivity contribution in [3.8, 4) is 11.3 Å². The number of aromatic amines is 1. The fraction of sp³-hybridized carbons (Fsp3) is 0.382. The van der Waals surface area contributed by atoms with Crippen molar-refractivity contribution in [1.82, 2.24) is 38.6 Å². The number of halogens is 5. The van der Waals surface area contributed by atoms with Crippen LogP contribution in [0.15, 0.2) is 109 Å². The molecule has 0 spiro atoms. The first-order valence-electron chi connectivity index (χ1n) is 25.1. The van der Waals surface area contributed by atoms with E-state index in [-0.39, 0.29) is 0 Å². The average Bonchev–Trinajstić information content (AvgIpc) is 3.61. The molecule has 0 aliphatic heterocycles. The maximum absolute atomic E-state index is 6.20. The van der Waals surface area contributed by atoms with Gasteiger partial charge in [-0.05, 0) is 138 Å². The van der Waals surface area contributed by atoms with Crippen LogP contribution in [-0.2, 0) is 34.4 Å². The van der Waals surface area contributed by atoms with Crippen molar-refractivity contribution >= 4 is 137 Å². The highest BCUT2D eigenvalue weighted by Crippen LogP contribution is 2.45. The highest BCUT2D eigenvalue weighted by molar-refractivity contribution is 14.1. The van der Waals surface area contributed by atoms with Crippen molar-refractivity contribution < 1.29 is 14.2 Å². The van der Waals surface area contributed by atoms with Gasteiger partial charge < -0.3 is 28.3 Å². The van der Waals surface area contributed by atoms with Crippen LogP contribution in [0.4, 0.5) is 0 Å². The third kappa shape index (κ3) is 17.5.